The third-order valence-electron chi connectivity index (χ3n) is 4.71. The number of nitrogens with zero attached hydrogens (tertiary/aromatic N) is 2. The van der Waals surface area contributed by atoms with Gasteiger partial charge in [-0.05, 0) is 38.0 Å². The normalized spacial score (nSPS) is 20.1. The number of aryl methyl sites for hydroxylation is 1. The minimum absolute atomic E-state index is 0.0860. The Balaban J connectivity index is 1.63. The van der Waals surface area contributed by atoms with Gasteiger partial charge in [-0.3, -0.25) is 4.79 Å². The first-order chi connectivity index (χ1) is 12.9. The molecule has 1 aliphatic heterocycles. The Kier molecular flexibility index (Phi) is 5.76. The van der Waals surface area contributed by atoms with E-state index in [9.17, 15) is 14.3 Å². The molecule has 7 nitrogen and oxygen atoms in total. The third kappa shape index (κ3) is 4.45. The number of carbonyl (C=O) groups excluding carboxylic acids is 1. The Labute approximate surface area is 157 Å². The van der Waals surface area contributed by atoms with Gasteiger partial charge in [0.15, 0.2) is 11.4 Å². The second kappa shape index (κ2) is 8.06. The topological polar surface area (TPSA) is 87.8 Å². The van der Waals surface area contributed by atoms with E-state index in [0.717, 1.165) is 5.69 Å². The van der Waals surface area contributed by atoms with Crippen LogP contribution in [0.3, 0.4) is 0 Å². The van der Waals surface area contributed by atoms with Crippen molar-refractivity contribution >= 4 is 5.91 Å². The lowest BCUT2D eigenvalue weighted by atomic mass is 9.91. The molecule has 1 saturated heterocycles. The predicted molar refractivity (Wildman–Crippen MR) is 95.5 cm³/mol. The van der Waals surface area contributed by atoms with Gasteiger partial charge in [0.1, 0.15) is 11.6 Å². The van der Waals surface area contributed by atoms with Crippen molar-refractivity contribution in [3.63, 3.8) is 0 Å². The van der Waals surface area contributed by atoms with E-state index in [-0.39, 0.29) is 13.1 Å². The Bertz CT molecular complexity index is 810. The van der Waals surface area contributed by atoms with Crippen molar-refractivity contribution in [3.05, 3.63) is 47.1 Å². The number of carbonyl (C=O) groups is 1. The molecule has 2 heterocycles. The molecule has 3 rings (SSSR count). The standard InChI is InChI=1S/C19H24FN3O4/c1-13-8-16(27-22-13)10-21-12-19(25)6-3-7-23(18(19)24)11-14-9-15(26-2)4-5-17(14)20/h4-5,8-9,21,25H,3,6-7,10-12H2,1-2H3/t19-/m0/s1. The number of piperidine rings is 1. The second-order valence-corrected chi connectivity index (χ2v) is 6.86. The Morgan fingerprint density at radius 1 is 1.44 bits per heavy atom. The minimum atomic E-state index is -1.53. The largest absolute Gasteiger partial charge is 0.497 e. The first-order valence-electron chi connectivity index (χ1n) is 8.88. The van der Waals surface area contributed by atoms with Gasteiger partial charge in [0.2, 0.25) is 0 Å². The Hall–Kier alpha value is -2.45. The minimum Gasteiger partial charge on any atom is -0.497 e. The van der Waals surface area contributed by atoms with E-state index in [0.29, 0.717) is 43.0 Å². The van der Waals surface area contributed by atoms with Crippen LogP contribution in [0, 0.1) is 12.7 Å². The molecule has 1 aliphatic rings. The molecule has 0 saturated carbocycles. The zero-order chi connectivity index (χ0) is 19.4. The molecule has 0 unspecified atom stereocenters. The lowest BCUT2D eigenvalue weighted by Crippen LogP contribution is -2.57. The van der Waals surface area contributed by atoms with Crippen molar-refractivity contribution in [1.29, 1.82) is 0 Å². The highest BCUT2D eigenvalue weighted by molar-refractivity contribution is 5.86. The second-order valence-electron chi connectivity index (χ2n) is 6.86. The van der Waals surface area contributed by atoms with Gasteiger partial charge in [0, 0.05) is 31.3 Å². The maximum Gasteiger partial charge on any atom is 0.256 e. The van der Waals surface area contributed by atoms with E-state index < -0.39 is 17.3 Å². The van der Waals surface area contributed by atoms with Crippen LogP contribution in [0.5, 0.6) is 5.75 Å². The van der Waals surface area contributed by atoms with Crippen LogP contribution < -0.4 is 10.1 Å². The van der Waals surface area contributed by atoms with Crippen molar-refractivity contribution in [3.8, 4) is 5.75 Å². The summed E-state index contributed by atoms with van der Waals surface area (Å²) in [7, 11) is 1.50. The zero-order valence-electron chi connectivity index (χ0n) is 15.5. The van der Waals surface area contributed by atoms with Gasteiger partial charge in [-0.15, -0.1) is 0 Å². The summed E-state index contributed by atoms with van der Waals surface area (Å²) in [6.07, 6.45) is 0.988. The van der Waals surface area contributed by atoms with Crippen molar-refractivity contribution in [1.82, 2.24) is 15.4 Å². The van der Waals surface area contributed by atoms with E-state index >= 15 is 0 Å². The number of ether oxygens (including phenoxy) is 1. The van der Waals surface area contributed by atoms with Gasteiger partial charge in [-0.25, -0.2) is 4.39 Å². The van der Waals surface area contributed by atoms with Crippen LogP contribution in [0.4, 0.5) is 4.39 Å². The number of aliphatic hydroxyl groups is 1. The lowest BCUT2D eigenvalue weighted by molar-refractivity contribution is -0.157. The van der Waals surface area contributed by atoms with Gasteiger partial charge < -0.3 is 24.6 Å². The molecule has 2 aromatic rings. The van der Waals surface area contributed by atoms with Gasteiger partial charge in [0.25, 0.3) is 5.91 Å². The summed E-state index contributed by atoms with van der Waals surface area (Å²) in [5.41, 5.74) is -0.398. The molecule has 0 radical (unpaired) electrons. The third-order valence-corrected chi connectivity index (χ3v) is 4.71. The van der Waals surface area contributed by atoms with Crippen molar-refractivity contribution in [2.75, 3.05) is 20.2 Å². The molecular weight excluding hydrogens is 353 g/mol. The molecular formula is C19H24FN3O4. The number of amides is 1. The fourth-order valence-corrected chi connectivity index (χ4v) is 3.28. The van der Waals surface area contributed by atoms with E-state index in [1.54, 1.807) is 12.1 Å². The first kappa shape index (κ1) is 19.3. The van der Waals surface area contributed by atoms with E-state index in [2.05, 4.69) is 10.5 Å². The van der Waals surface area contributed by atoms with Crippen molar-refractivity contribution in [2.24, 2.45) is 0 Å². The highest BCUT2D eigenvalue weighted by Crippen LogP contribution is 2.26. The van der Waals surface area contributed by atoms with Gasteiger partial charge in [-0.2, -0.15) is 0 Å². The first-order valence-corrected chi connectivity index (χ1v) is 8.88. The number of hydrogen-bond acceptors (Lipinski definition) is 6. The maximum atomic E-state index is 14.1. The number of hydrogen-bond donors (Lipinski definition) is 2. The number of nitrogens with one attached hydrogen (secondary N) is 1. The highest BCUT2D eigenvalue weighted by Gasteiger charge is 2.42. The average Bonchev–Trinajstić information content (AvgIpc) is 3.06. The number of aromatic nitrogens is 1. The molecule has 27 heavy (non-hydrogen) atoms. The molecule has 2 N–H and O–H groups in total. The Morgan fingerprint density at radius 3 is 2.96 bits per heavy atom. The molecule has 146 valence electrons. The maximum absolute atomic E-state index is 14.1. The van der Waals surface area contributed by atoms with E-state index in [4.69, 9.17) is 9.26 Å². The van der Waals surface area contributed by atoms with Gasteiger partial charge in [0.05, 0.1) is 19.3 Å². The fourth-order valence-electron chi connectivity index (χ4n) is 3.28. The number of halogens is 1. The number of rotatable bonds is 7. The molecule has 0 bridgehead atoms. The fraction of sp³-hybridized carbons (Fsp3) is 0.474. The molecule has 0 spiro atoms. The van der Waals surface area contributed by atoms with Crippen LogP contribution in [-0.4, -0.2) is 46.9 Å². The summed E-state index contributed by atoms with van der Waals surface area (Å²) >= 11 is 0. The van der Waals surface area contributed by atoms with Crippen LogP contribution in [0.2, 0.25) is 0 Å². The van der Waals surface area contributed by atoms with Gasteiger partial charge >= 0.3 is 0 Å². The monoisotopic (exact) mass is 377 g/mol. The summed E-state index contributed by atoms with van der Waals surface area (Å²) in [6.45, 7) is 2.83. The van der Waals surface area contributed by atoms with Crippen LogP contribution in [0.1, 0.15) is 29.9 Å². The number of methoxy groups -OCH3 is 1. The Morgan fingerprint density at radius 2 is 2.26 bits per heavy atom. The molecule has 1 aromatic carbocycles. The van der Waals surface area contributed by atoms with Gasteiger partial charge in [-0.1, -0.05) is 5.16 Å². The summed E-state index contributed by atoms with van der Waals surface area (Å²) in [4.78, 5) is 14.3. The van der Waals surface area contributed by atoms with Crippen LogP contribution >= 0.6 is 0 Å². The lowest BCUT2D eigenvalue weighted by Gasteiger charge is -2.38. The quantitative estimate of drug-likeness (QED) is 0.765. The summed E-state index contributed by atoms with van der Waals surface area (Å²) in [5.74, 6) is 0.346. The zero-order valence-corrected chi connectivity index (χ0v) is 15.5. The van der Waals surface area contributed by atoms with E-state index in [1.165, 1.54) is 24.1 Å². The summed E-state index contributed by atoms with van der Waals surface area (Å²) in [5, 5.41) is 17.7. The predicted octanol–water partition coefficient (Wildman–Crippen LogP) is 1.77. The molecule has 1 fully saturated rings. The smallest absolute Gasteiger partial charge is 0.256 e. The van der Waals surface area contributed by atoms with Crippen LogP contribution in [0.25, 0.3) is 0 Å². The molecule has 1 aromatic heterocycles. The molecule has 0 aliphatic carbocycles. The van der Waals surface area contributed by atoms with Crippen molar-refractivity contribution in [2.45, 2.75) is 38.5 Å². The molecule has 8 heteroatoms. The summed E-state index contributed by atoms with van der Waals surface area (Å²) in [6, 6.07) is 6.20. The number of likely N-dealkylation sites (tertiary alicyclic amines) is 1. The number of benzene rings is 1. The molecule has 1 atom stereocenters. The molecule has 1 amide bonds. The summed E-state index contributed by atoms with van der Waals surface area (Å²) < 4.78 is 24.3. The van der Waals surface area contributed by atoms with Crippen LogP contribution in [-0.2, 0) is 17.9 Å². The SMILES string of the molecule is COc1ccc(F)c(CN2CCC[C@](O)(CNCc3cc(C)no3)C2=O)c1. The van der Waals surface area contributed by atoms with E-state index in [1.807, 2.05) is 6.92 Å². The highest BCUT2D eigenvalue weighted by atomic mass is 19.1. The van der Waals surface area contributed by atoms with Crippen molar-refractivity contribution < 1.29 is 23.6 Å². The van der Waals surface area contributed by atoms with Crippen LogP contribution in [0.15, 0.2) is 28.8 Å². The average molecular weight is 377 g/mol.